The van der Waals surface area contributed by atoms with Crippen molar-refractivity contribution >= 4 is 26.6 Å². The molecule has 0 spiro atoms. The van der Waals surface area contributed by atoms with Crippen LogP contribution in [-0.2, 0) is 10.0 Å². The van der Waals surface area contributed by atoms with Gasteiger partial charge in [0.05, 0.1) is 17.6 Å². The van der Waals surface area contributed by atoms with Gasteiger partial charge in [0, 0.05) is 5.56 Å². The van der Waals surface area contributed by atoms with Crippen molar-refractivity contribution in [3.8, 4) is 5.75 Å². The Bertz CT molecular complexity index is 1070. The van der Waals surface area contributed by atoms with E-state index in [9.17, 15) is 13.2 Å². The largest absolute Gasteiger partial charge is 0.496 e. The summed E-state index contributed by atoms with van der Waals surface area (Å²) in [7, 11) is -2.32. The van der Waals surface area contributed by atoms with E-state index < -0.39 is 10.0 Å². The number of hydrogen-bond donors (Lipinski definition) is 1. The Hall–Kier alpha value is -2.70. The number of benzene rings is 3. The van der Waals surface area contributed by atoms with E-state index in [-0.39, 0.29) is 10.7 Å². The van der Waals surface area contributed by atoms with Gasteiger partial charge in [-0.15, -0.1) is 0 Å². The van der Waals surface area contributed by atoms with Crippen LogP contribution < -0.4 is 9.88 Å². The van der Waals surface area contributed by atoms with Crippen molar-refractivity contribution in [2.24, 2.45) is 5.14 Å². The Morgan fingerprint density at radius 2 is 1.68 bits per heavy atom. The van der Waals surface area contributed by atoms with Crippen LogP contribution in [0.15, 0.2) is 59.5 Å². The summed E-state index contributed by atoms with van der Waals surface area (Å²) in [6.45, 7) is 1.95. The maximum Gasteiger partial charge on any atom is 0.238 e. The zero-order chi connectivity index (χ0) is 18.2. The molecule has 25 heavy (non-hydrogen) atoms. The van der Waals surface area contributed by atoms with E-state index in [1.54, 1.807) is 30.3 Å². The van der Waals surface area contributed by atoms with E-state index in [1.807, 2.05) is 19.1 Å². The number of rotatable bonds is 4. The molecule has 3 aromatic carbocycles. The predicted octanol–water partition coefficient (Wildman–Crippen LogP) is 3.04. The highest BCUT2D eigenvalue weighted by Crippen LogP contribution is 2.31. The molecule has 0 heterocycles. The molecule has 0 atom stereocenters. The van der Waals surface area contributed by atoms with Crippen molar-refractivity contribution < 1.29 is 17.9 Å². The van der Waals surface area contributed by atoms with Crippen LogP contribution in [0, 0.1) is 6.92 Å². The Morgan fingerprint density at radius 1 is 1.00 bits per heavy atom. The lowest BCUT2D eigenvalue weighted by molar-refractivity contribution is 0.103. The summed E-state index contributed by atoms with van der Waals surface area (Å²) >= 11 is 0. The number of nitrogens with two attached hydrogens (primary N) is 1. The molecular weight excluding hydrogens is 338 g/mol. The molecule has 3 rings (SSSR count). The number of fused-ring (bicyclic) bond motifs is 1. The third kappa shape index (κ3) is 3.26. The van der Waals surface area contributed by atoms with Crippen LogP contribution in [0.3, 0.4) is 0 Å². The fourth-order valence-corrected chi connectivity index (χ4v) is 3.27. The highest BCUT2D eigenvalue weighted by Gasteiger charge is 2.19. The van der Waals surface area contributed by atoms with E-state index in [2.05, 4.69) is 0 Å². The number of carbonyl (C=O) groups is 1. The van der Waals surface area contributed by atoms with Crippen LogP contribution in [0.4, 0.5) is 0 Å². The van der Waals surface area contributed by atoms with Crippen LogP contribution in [0.2, 0.25) is 0 Å². The van der Waals surface area contributed by atoms with Gasteiger partial charge in [-0.1, -0.05) is 42.0 Å². The van der Waals surface area contributed by atoms with Gasteiger partial charge in [0.25, 0.3) is 0 Å². The molecule has 0 unspecified atom stereocenters. The molecule has 0 fully saturated rings. The Kier molecular flexibility index (Phi) is 4.32. The van der Waals surface area contributed by atoms with Crippen LogP contribution in [-0.4, -0.2) is 21.3 Å². The molecule has 0 aromatic heterocycles. The Labute approximate surface area is 146 Å². The van der Waals surface area contributed by atoms with E-state index in [4.69, 9.17) is 9.88 Å². The number of carbonyl (C=O) groups excluding carboxylic acids is 1. The molecule has 128 valence electrons. The summed E-state index contributed by atoms with van der Waals surface area (Å²) in [5.41, 5.74) is 1.98. The summed E-state index contributed by atoms with van der Waals surface area (Å²) < 4.78 is 28.5. The first-order valence-corrected chi connectivity index (χ1v) is 9.11. The number of sulfonamides is 1. The molecular formula is C19H17NO4S. The van der Waals surface area contributed by atoms with Crippen molar-refractivity contribution in [3.63, 3.8) is 0 Å². The van der Waals surface area contributed by atoms with E-state index in [1.165, 1.54) is 19.2 Å². The lowest BCUT2D eigenvalue weighted by Gasteiger charge is -2.12. The summed E-state index contributed by atoms with van der Waals surface area (Å²) in [5.74, 6) is 0.243. The molecule has 0 aliphatic carbocycles. The quantitative estimate of drug-likeness (QED) is 0.729. The molecule has 3 aromatic rings. The Balaban J connectivity index is 2.24. The first kappa shape index (κ1) is 17.1. The Morgan fingerprint density at radius 3 is 2.28 bits per heavy atom. The van der Waals surface area contributed by atoms with Crippen molar-refractivity contribution in [2.75, 3.05) is 7.11 Å². The molecule has 0 saturated carbocycles. The number of aryl methyl sites for hydroxylation is 1. The van der Waals surface area contributed by atoms with Gasteiger partial charge < -0.3 is 4.74 Å². The van der Waals surface area contributed by atoms with Crippen LogP contribution in [0.1, 0.15) is 21.5 Å². The number of primary sulfonamides is 1. The minimum atomic E-state index is -3.82. The molecule has 0 amide bonds. The third-order valence-corrected chi connectivity index (χ3v) is 4.95. The molecule has 0 aliphatic heterocycles. The van der Waals surface area contributed by atoms with Gasteiger partial charge in [0.1, 0.15) is 5.75 Å². The highest BCUT2D eigenvalue weighted by atomic mass is 32.2. The smallest absolute Gasteiger partial charge is 0.238 e. The second kappa shape index (κ2) is 6.31. The van der Waals surface area contributed by atoms with Crippen molar-refractivity contribution in [2.45, 2.75) is 11.8 Å². The van der Waals surface area contributed by atoms with Crippen molar-refractivity contribution in [1.82, 2.24) is 0 Å². The van der Waals surface area contributed by atoms with Crippen LogP contribution in [0.25, 0.3) is 10.8 Å². The molecule has 5 nitrogen and oxygen atoms in total. The first-order valence-electron chi connectivity index (χ1n) is 7.56. The average Bonchev–Trinajstić information content (AvgIpc) is 2.59. The maximum atomic E-state index is 13.0. The van der Waals surface area contributed by atoms with Crippen LogP contribution in [0.5, 0.6) is 5.75 Å². The van der Waals surface area contributed by atoms with Gasteiger partial charge in [0.2, 0.25) is 10.0 Å². The van der Waals surface area contributed by atoms with E-state index in [0.717, 1.165) is 5.56 Å². The van der Waals surface area contributed by atoms with Crippen molar-refractivity contribution in [1.29, 1.82) is 0 Å². The normalized spacial score (nSPS) is 11.5. The molecule has 0 bridgehead atoms. The molecule has 0 saturated heterocycles. The van der Waals surface area contributed by atoms with E-state index >= 15 is 0 Å². The van der Waals surface area contributed by atoms with Gasteiger partial charge in [-0.05, 0) is 35.9 Å². The third-order valence-electron chi connectivity index (χ3n) is 4.04. The summed E-state index contributed by atoms with van der Waals surface area (Å²) in [5, 5.41) is 6.40. The van der Waals surface area contributed by atoms with Gasteiger partial charge in [0.15, 0.2) is 5.78 Å². The van der Waals surface area contributed by atoms with E-state index in [0.29, 0.717) is 27.6 Å². The number of hydrogen-bond acceptors (Lipinski definition) is 4. The van der Waals surface area contributed by atoms with Crippen molar-refractivity contribution in [3.05, 3.63) is 71.3 Å². The minimum absolute atomic E-state index is 0.00102. The first-order chi connectivity index (χ1) is 11.8. The topological polar surface area (TPSA) is 86.5 Å². The zero-order valence-corrected chi connectivity index (χ0v) is 14.6. The minimum Gasteiger partial charge on any atom is -0.496 e. The van der Waals surface area contributed by atoms with Gasteiger partial charge in [-0.25, -0.2) is 13.6 Å². The van der Waals surface area contributed by atoms with Gasteiger partial charge in [-0.3, -0.25) is 4.79 Å². The highest BCUT2D eigenvalue weighted by molar-refractivity contribution is 7.89. The zero-order valence-electron chi connectivity index (χ0n) is 13.8. The monoisotopic (exact) mass is 355 g/mol. The van der Waals surface area contributed by atoms with Gasteiger partial charge >= 0.3 is 0 Å². The van der Waals surface area contributed by atoms with Gasteiger partial charge in [-0.2, -0.15) is 0 Å². The summed E-state index contributed by atoms with van der Waals surface area (Å²) in [6, 6.07) is 15.0. The molecule has 2 N–H and O–H groups in total. The van der Waals surface area contributed by atoms with Crippen LogP contribution >= 0.6 is 0 Å². The predicted molar refractivity (Wildman–Crippen MR) is 96.5 cm³/mol. The fourth-order valence-electron chi connectivity index (χ4n) is 2.72. The lowest BCUT2D eigenvalue weighted by Crippen LogP contribution is -2.12. The second-order valence-electron chi connectivity index (χ2n) is 5.77. The number of methoxy groups -OCH3 is 1. The maximum absolute atomic E-state index is 13.0. The standard InChI is InChI=1S/C19H17NO4S/c1-12-3-5-13(6-4-12)19(21)18-16-9-8-15(25(20,22)23)11-14(16)7-10-17(18)24-2/h3-11H,1-2H3,(H2,20,22,23). The molecule has 0 radical (unpaired) electrons. The molecule has 6 heteroatoms. The average molecular weight is 355 g/mol. The molecule has 0 aliphatic rings. The summed E-state index contributed by atoms with van der Waals surface area (Å²) in [6.07, 6.45) is 0. The SMILES string of the molecule is COc1ccc2cc(S(N)(=O)=O)ccc2c1C(=O)c1ccc(C)cc1. The number of ether oxygens (including phenoxy) is 1. The number of ketones is 1. The lowest BCUT2D eigenvalue weighted by atomic mass is 9.96. The fraction of sp³-hybridized carbons (Fsp3) is 0.105. The summed E-state index contributed by atoms with van der Waals surface area (Å²) in [4.78, 5) is 13.0. The second-order valence-corrected chi connectivity index (χ2v) is 7.33.